The number of ether oxygens (including phenoxy) is 14. The first-order valence-corrected chi connectivity index (χ1v) is 33.8. The number of carbonyl (C=O) groups excluding carboxylic acids is 1. The summed E-state index contributed by atoms with van der Waals surface area (Å²) in [5.74, 6) is -1.57. The van der Waals surface area contributed by atoms with Crippen LogP contribution in [0.2, 0.25) is 0 Å². The molecule has 11 aliphatic rings. The molecular weight excluding hydrogens is 1340 g/mol. The maximum atomic E-state index is 15.5. The maximum absolute atomic E-state index is 15.5. The first-order chi connectivity index (χ1) is 46.9. The lowest BCUT2D eigenvalue weighted by Gasteiger charge is -2.64. The molecule has 2 bridgehead atoms. The van der Waals surface area contributed by atoms with Gasteiger partial charge in [0.05, 0.1) is 63.4 Å². The second-order valence-electron chi connectivity index (χ2n) is 29.2. The molecule has 37 nitrogen and oxygen atoms in total. The average Bonchev–Trinajstić information content (AvgIpc) is 1.60. The van der Waals surface area contributed by atoms with Gasteiger partial charge < -0.3 is 179 Å². The topological polar surface area (TPSA) is 591 Å². The molecule has 0 radical (unpaired) electrons. The Morgan fingerprint density at radius 3 is 1.33 bits per heavy atom. The van der Waals surface area contributed by atoms with Crippen molar-refractivity contribution in [3.8, 4) is 0 Å². The van der Waals surface area contributed by atoms with E-state index < -0.39 is 295 Å². The van der Waals surface area contributed by atoms with Crippen LogP contribution in [-0.4, -0.2) is 379 Å². The quantitative estimate of drug-likeness (QED) is 0.0288. The summed E-state index contributed by atoms with van der Waals surface area (Å²) in [5.41, 5.74) is -3.54. The summed E-state index contributed by atoms with van der Waals surface area (Å²) >= 11 is 0. The highest BCUT2D eigenvalue weighted by atomic mass is 16.8. The third-order valence-electron chi connectivity index (χ3n) is 23.3. The van der Waals surface area contributed by atoms with Gasteiger partial charge in [0, 0.05) is 6.42 Å². The number of esters is 1. The third kappa shape index (κ3) is 14.3. The molecule has 7 saturated heterocycles. The van der Waals surface area contributed by atoms with Gasteiger partial charge in [-0.3, -0.25) is 4.79 Å². The van der Waals surface area contributed by atoms with E-state index in [9.17, 15) is 112 Å². The molecule has 99 heavy (non-hydrogen) atoms. The zero-order valence-corrected chi connectivity index (χ0v) is 54.5. The van der Waals surface area contributed by atoms with Crippen LogP contribution in [0, 0.1) is 28.1 Å². The van der Waals surface area contributed by atoms with Crippen LogP contribution in [-0.2, 0) is 71.1 Å². The van der Waals surface area contributed by atoms with Crippen LogP contribution in [0.3, 0.4) is 0 Å². The van der Waals surface area contributed by atoms with Gasteiger partial charge in [0.15, 0.2) is 43.8 Å². The van der Waals surface area contributed by atoms with E-state index in [0.717, 1.165) is 0 Å². The van der Waals surface area contributed by atoms with Gasteiger partial charge in [-0.1, -0.05) is 19.9 Å². The molecule has 1 spiro atoms. The van der Waals surface area contributed by atoms with Crippen molar-refractivity contribution in [1.29, 1.82) is 0 Å². The fraction of sp³-hybridized carbons (Fsp3) is 0.952. The van der Waals surface area contributed by atoms with E-state index in [1.807, 2.05) is 0 Å². The molecule has 0 aromatic rings. The van der Waals surface area contributed by atoms with Gasteiger partial charge in [0.2, 0.25) is 6.29 Å². The SMILES string of the molecule is C=C1C[C@@]23CCC4[C@](C)(C(=O)OC5OC(CO)C(O)C(OC6OC(CO)C(O)C(O)C6O)C5OC5OC(CO)C(O)C(O)C5O)CCC[C@@]4(C)[C@@H]2CC[C@]1(OC1OC(COC2OC(CO)C(O)C(O)C2O)C(O)C(OC2OC(CO)C(O)CC2O)C1OC1OC(CO)C(O)C(O)C1O)C3. The van der Waals surface area contributed by atoms with E-state index >= 15 is 4.79 Å². The van der Waals surface area contributed by atoms with Crippen molar-refractivity contribution in [2.75, 3.05) is 46.2 Å². The predicted molar refractivity (Wildman–Crippen MR) is 316 cm³/mol. The van der Waals surface area contributed by atoms with Gasteiger partial charge in [0.25, 0.3) is 0 Å². The highest BCUT2D eigenvalue weighted by molar-refractivity contribution is 5.77. The second kappa shape index (κ2) is 31.0. The molecule has 0 amide bonds. The number of fused-ring (bicyclic) bond motifs is 3. The molecule has 0 aromatic heterocycles. The Bertz CT molecular complexity index is 2690. The van der Waals surface area contributed by atoms with Crippen LogP contribution in [0.15, 0.2) is 12.2 Å². The van der Waals surface area contributed by atoms with E-state index in [4.69, 9.17) is 66.3 Å². The molecule has 4 aliphatic carbocycles. The van der Waals surface area contributed by atoms with Gasteiger partial charge in [-0.25, -0.2) is 0 Å². The van der Waals surface area contributed by atoms with Crippen molar-refractivity contribution >= 4 is 5.97 Å². The minimum Gasteiger partial charge on any atom is -0.432 e. The Hall–Kier alpha value is -2.19. The van der Waals surface area contributed by atoms with Gasteiger partial charge in [-0.2, -0.15) is 0 Å². The smallest absolute Gasteiger partial charge is 0.314 e. The molecule has 11 rings (SSSR count). The fourth-order valence-electron chi connectivity index (χ4n) is 17.8. The van der Waals surface area contributed by atoms with Gasteiger partial charge >= 0.3 is 5.97 Å². The fourth-order valence-corrected chi connectivity index (χ4v) is 17.8. The van der Waals surface area contributed by atoms with Crippen molar-refractivity contribution < 1.29 is 183 Å². The summed E-state index contributed by atoms with van der Waals surface area (Å²) in [6.45, 7) is 2.35. The number of carbonyl (C=O) groups is 1. The number of aliphatic hydroxyl groups excluding tert-OH is 22. The highest BCUT2D eigenvalue weighted by Gasteiger charge is 2.70. The normalized spacial score (nSPS) is 54.1. The third-order valence-corrected chi connectivity index (χ3v) is 23.3. The van der Waals surface area contributed by atoms with Gasteiger partial charge in [-0.15, -0.1) is 0 Å². The number of hydrogen-bond donors (Lipinski definition) is 22. The standard InChI is InChI=1S/C62H100O37/c1-21-12-61-9-5-31-59(2,7-4-8-60(31,3)58(85)98-56-49(96-54-45(83)41(79)35(73)27(16-66)90-54)47(37(75)29(18-68)92-56)95-53-44(82)40(78)34(72)26(15-65)89-53)32(61)6-10-62(21,20-61)99-57-50(97-55-46(84)42(80)36(74)28(17-67)91-55)48(94-51-23(70)11-22(69)24(13-63)87-51)38(76)30(93-57)19-86-52-43(81)39(77)33(71)25(14-64)88-52/h22-57,63-84H,1,4-20H2,2-3H3/t22?,23?,24?,25?,26?,27?,28?,29?,30?,31?,32-,33?,34?,35?,36?,37?,38?,39?,40?,41?,42?,43?,44?,45?,46?,47?,48?,49?,50?,51?,52?,53?,54?,55?,56?,57?,59+,60+,61+,62-/m0/s1. The lowest BCUT2D eigenvalue weighted by Crippen LogP contribution is -2.68. The molecule has 35 unspecified atom stereocenters. The van der Waals surface area contributed by atoms with Crippen molar-refractivity contribution in [2.24, 2.45) is 28.1 Å². The summed E-state index contributed by atoms with van der Waals surface area (Å²) in [6.07, 6.45) is -59.5. The first kappa shape index (κ1) is 77.9. The average molecular weight is 1440 g/mol. The van der Waals surface area contributed by atoms with Crippen LogP contribution >= 0.6 is 0 Å². The summed E-state index contributed by atoms with van der Waals surface area (Å²) in [4.78, 5) is 15.5. The summed E-state index contributed by atoms with van der Waals surface area (Å²) in [6, 6.07) is 0. The Morgan fingerprint density at radius 2 is 0.828 bits per heavy atom. The minimum atomic E-state index is -2.10. The zero-order chi connectivity index (χ0) is 71.9. The van der Waals surface area contributed by atoms with Crippen molar-refractivity contribution in [3.63, 3.8) is 0 Å². The predicted octanol–water partition coefficient (Wildman–Crippen LogP) is -10.6. The first-order valence-electron chi connectivity index (χ1n) is 33.8. The molecule has 7 heterocycles. The Labute approximate surface area is 566 Å². The Morgan fingerprint density at radius 1 is 0.424 bits per heavy atom. The molecule has 37 heteroatoms. The molecule has 7 aliphatic heterocycles. The van der Waals surface area contributed by atoms with E-state index in [2.05, 4.69) is 13.5 Å². The van der Waals surface area contributed by atoms with Crippen molar-refractivity contribution in [2.45, 2.75) is 292 Å². The van der Waals surface area contributed by atoms with Crippen molar-refractivity contribution in [1.82, 2.24) is 0 Å². The van der Waals surface area contributed by atoms with Gasteiger partial charge in [-0.05, 0) is 86.5 Å². The number of aliphatic hydroxyl groups is 22. The highest BCUT2D eigenvalue weighted by Crippen LogP contribution is 2.74. The van der Waals surface area contributed by atoms with E-state index in [-0.39, 0.29) is 25.2 Å². The lowest BCUT2D eigenvalue weighted by molar-refractivity contribution is -0.400. The van der Waals surface area contributed by atoms with Crippen LogP contribution < -0.4 is 0 Å². The second-order valence-corrected chi connectivity index (χ2v) is 29.2. The molecule has 570 valence electrons. The molecular formula is C62H100O37. The van der Waals surface area contributed by atoms with Crippen LogP contribution in [0.1, 0.15) is 78.1 Å². The largest absolute Gasteiger partial charge is 0.432 e. The van der Waals surface area contributed by atoms with Crippen LogP contribution in [0.25, 0.3) is 0 Å². The summed E-state index contributed by atoms with van der Waals surface area (Å²) < 4.78 is 85.7. The number of rotatable bonds is 21. The van der Waals surface area contributed by atoms with E-state index in [1.54, 1.807) is 6.92 Å². The monoisotopic (exact) mass is 1440 g/mol. The van der Waals surface area contributed by atoms with E-state index in [1.165, 1.54) is 0 Å². The molecule has 4 saturated carbocycles. The Kier molecular flexibility index (Phi) is 24.4. The van der Waals surface area contributed by atoms with Crippen LogP contribution in [0.5, 0.6) is 0 Å². The minimum absolute atomic E-state index is 0.183. The molecule has 22 N–H and O–H groups in total. The number of hydrogen-bond acceptors (Lipinski definition) is 37. The molecule has 0 aromatic carbocycles. The zero-order valence-electron chi connectivity index (χ0n) is 54.5. The lowest BCUT2D eigenvalue weighted by atomic mass is 9.41. The maximum Gasteiger partial charge on any atom is 0.314 e. The molecule has 40 atom stereocenters. The summed E-state index contributed by atoms with van der Waals surface area (Å²) in [5, 5.41) is 238. The summed E-state index contributed by atoms with van der Waals surface area (Å²) in [7, 11) is 0. The van der Waals surface area contributed by atoms with Crippen molar-refractivity contribution in [3.05, 3.63) is 12.2 Å². The van der Waals surface area contributed by atoms with E-state index in [0.29, 0.717) is 44.1 Å². The molecule has 11 fully saturated rings. The van der Waals surface area contributed by atoms with Crippen LogP contribution in [0.4, 0.5) is 0 Å². The Balaban J connectivity index is 0.885. The van der Waals surface area contributed by atoms with Gasteiger partial charge in [0.1, 0.15) is 153 Å².